The van der Waals surface area contributed by atoms with Gasteiger partial charge in [0.1, 0.15) is 0 Å². The zero-order valence-corrected chi connectivity index (χ0v) is 12.5. The summed E-state index contributed by atoms with van der Waals surface area (Å²) in [4.78, 5) is 0.395. The molecule has 0 bridgehead atoms. The standard InChI is InChI=1S/C15H22N2O2S/c18-20(19,17-10-1-3-12-5-6-12)14-7-8-15-13(11-14)4-2-9-16-15/h7-8,11-12,16-17H,1-6,9-10H2. The molecule has 0 aromatic heterocycles. The molecule has 1 aliphatic heterocycles. The van der Waals surface area contributed by atoms with Crippen molar-refractivity contribution < 1.29 is 8.42 Å². The van der Waals surface area contributed by atoms with Crippen molar-refractivity contribution >= 4 is 15.7 Å². The molecule has 1 aromatic rings. The summed E-state index contributed by atoms with van der Waals surface area (Å²) < 4.78 is 27.2. The number of hydrogen-bond acceptors (Lipinski definition) is 3. The van der Waals surface area contributed by atoms with E-state index < -0.39 is 10.0 Å². The summed E-state index contributed by atoms with van der Waals surface area (Å²) >= 11 is 0. The Morgan fingerprint density at radius 3 is 2.95 bits per heavy atom. The Hall–Kier alpha value is -1.07. The molecule has 0 atom stereocenters. The summed E-state index contributed by atoms with van der Waals surface area (Å²) in [5.74, 6) is 0.856. The summed E-state index contributed by atoms with van der Waals surface area (Å²) in [6, 6.07) is 5.39. The lowest BCUT2D eigenvalue weighted by Crippen LogP contribution is -2.25. The van der Waals surface area contributed by atoms with Crippen molar-refractivity contribution in [2.45, 2.75) is 43.4 Å². The smallest absolute Gasteiger partial charge is 0.240 e. The van der Waals surface area contributed by atoms with E-state index in [2.05, 4.69) is 10.0 Å². The molecule has 0 amide bonds. The van der Waals surface area contributed by atoms with Gasteiger partial charge >= 0.3 is 0 Å². The van der Waals surface area contributed by atoms with Gasteiger partial charge in [-0.25, -0.2) is 13.1 Å². The minimum absolute atomic E-state index is 0.395. The molecule has 0 radical (unpaired) electrons. The van der Waals surface area contributed by atoms with Crippen LogP contribution in [0.2, 0.25) is 0 Å². The lowest BCUT2D eigenvalue weighted by molar-refractivity contribution is 0.572. The van der Waals surface area contributed by atoms with Crippen molar-refractivity contribution in [2.24, 2.45) is 5.92 Å². The van der Waals surface area contributed by atoms with Crippen molar-refractivity contribution in [1.29, 1.82) is 0 Å². The van der Waals surface area contributed by atoms with Gasteiger partial charge in [0.05, 0.1) is 4.90 Å². The quantitative estimate of drug-likeness (QED) is 0.793. The second-order valence-electron chi connectivity index (χ2n) is 5.83. The van der Waals surface area contributed by atoms with E-state index in [4.69, 9.17) is 0 Å². The highest BCUT2D eigenvalue weighted by Gasteiger charge is 2.21. The van der Waals surface area contributed by atoms with E-state index in [1.165, 1.54) is 12.8 Å². The molecule has 110 valence electrons. The minimum atomic E-state index is -3.35. The van der Waals surface area contributed by atoms with Crippen molar-refractivity contribution in [3.8, 4) is 0 Å². The van der Waals surface area contributed by atoms with E-state index in [-0.39, 0.29) is 0 Å². The van der Waals surface area contributed by atoms with Crippen LogP contribution in [0.5, 0.6) is 0 Å². The van der Waals surface area contributed by atoms with Gasteiger partial charge in [-0.3, -0.25) is 0 Å². The van der Waals surface area contributed by atoms with Crippen LogP contribution in [0.3, 0.4) is 0 Å². The molecule has 2 N–H and O–H groups in total. The van der Waals surface area contributed by atoms with Gasteiger partial charge in [-0.2, -0.15) is 0 Å². The monoisotopic (exact) mass is 294 g/mol. The molecule has 0 saturated heterocycles. The predicted molar refractivity (Wildman–Crippen MR) is 80.4 cm³/mol. The van der Waals surface area contributed by atoms with E-state index in [9.17, 15) is 8.42 Å². The molecule has 1 saturated carbocycles. The second-order valence-corrected chi connectivity index (χ2v) is 7.60. The van der Waals surface area contributed by atoms with Crippen LogP contribution in [0.25, 0.3) is 0 Å². The van der Waals surface area contributed by atoms with Gasteiger partial charge in [-0.15, -0.1) is 0 Å². The molecule has 20 heavy (non-hydrogen) atoms. The van der Waals surface area contributed by atoms with E-state index in [1.807, 2.05) is 12.1 Å². The topological polar surface area (TPSA) is 58.2 Å². The fourth-order valence-electron chi connectivity index (χ4n) is 2.71. The molecule has 1 fully saturated rings. The first-order valence-electron chi connectivity index (χ1n) is 7.52. The van der Waals surface area contributed by atoms with Gasteiger partial charge in [0, 0.05) is 18.8 Å². The van der Waals surface area contributed by atoms with E-state index >= 15 is 0 Å². The largest absolute Gasteiger partial charge is 0.385 e. The molecule has 0 spiro atoms. The Balaban J connectivity index is 1.63. The average molecular weight is 294 g/mol. The van der Waals surface area contributed by atoms with Gasteiger partial charge in [-0.05, 0) is 55.4 Å². The Morgan fingerprint density at radius 1 is 1.30 bits per heavy atom. The lowest BCUT2D eigenvalue weighted by atomic mass is 10.0. The molecule has 5 heteroatoms. The number of hydrogen-bond donors (Lipinski definition) is 2. The highest BCUT2D eigenvalue weighted by atomic mass is 32.2. The highest BCUT2D eigenvalue weighted by molar-refractivity contribution is 7.89. The van der Waals surface area contributed by atoms with Crippen molar-refractivity contribution in [1.82, 2.24) is 4.72 Å². The van der Waals surface area contributed by atoms with Gasteiger partial charge in [0.2, 0.25) is 10.0 Å². The maximum atomic E-state index is 12.2. The van der Waals surface area contributed by atoms with Gasteiger partial charge in [-0.1, -0.05) is 12.8 Å². The molecule has 1 aromatic carbocycles. The Morgan fingerprint density at radius 2 is 2.15 bits per heavy atom. The summed E-state index contributed by atoms with van der Waals surface area (Å²) in [5.41, 5.74) is 2.18. The van der Waals surface area contributed by atoms with Crippen LogP contribution < -0.4 is 10.0 Å². The van der Waals surface area contributed by atoms with Gasteiger partial charge in [0.15, 0.2) is 0 Å². The first kappa shape index (κ1) is 13.9. The molecule has 2 aliphatic rings. The van der Waals surface area contributed by atoms with Gasteiger partial charge < -0.3 is 5.32 Å². The molecule has 0 unspecified atom stereocenters. The number of benzene rings is 1. The zero-order valence-electron chi connectivity index (χ0n) is 11.7. The first-order chi connectivity index (χ1) is 9.65. The molecule has 1 aliphatic carbocycles. The average Bonchev–Trinajstić information content (AvgIpc) is 3.27. The molecular formula is C15H22N2O2S. The number of fused-ring (bicyclic) bond motifs is 1. The Bertz CT molecular complexity index is 580. The Labute approximate surface area is 121 Å². The minimum Gasteiger partial charge on any atom is -0.385 e. The van der Waals surface area contributed by atoms with Crippen LogP contribution in [0.15, 0.2) is 23.1 Å². The number of sulfonamides is 1. The molecule has 3 rings (SSSR count). The third-order valence-corrected chi connectivity index (χ3v) is 5.56. The van der Waals surface area contributed by atoms with Crippen LogP contribution in [0, 0.1) is 5.92 Å². The van der Waals surface area contributed by atoms with Crippen LogP contribution in [-0.4, -0.2) is 21.5 Å². The summed E-state index contributed by atoms with van der Waals surface area (Å²) in [6.07, 6.45) is 6.75. The second kappa shape index (κ2) is 5.74. The van der Waals surface area contributed by atoms with E-state index in [1.54, 1.807) is 6.07 Å². The lowest BCUT2D eigenvalue weighted by Gasteiger charge is -2.18. The predicted octanol–water partition coefficient (Wildman–Crippen LogP) is 2.51. The maximum Gasteiger partial charge on any atom is 0.240 e. The Kier molecular flexibility index (Phi) is 3.98. The SMILES string of the molecule is O=S(=O)(NCCCC1CC1)c1ccc2c(c1)CCCN2. The summed E-state index contributed by atoms with van der Waals surface area (Å²) in [6.45, 7) is 1.52. The van der Waals surface area contributed by atoms with Crippen molar-refractivity contribution in [3.63, 3.8) is 0 Å². The molecule has 1 heterocycles. The third-order valence-electron chi connectivity index (χ3n) is 4.10. The number of anilines is 1. The third kappa shape index (κ3) is 3.33. The number of rotatable bonds is 6. The normalized spacial score (nSPS) is 18.4. The van der Waals surface area contributed by atoms with Crippen LogP contribution in [0.1, 0.15) is 37.7 Å². The van der Waals surface area contributed by atoms with Crippen LogP contribution in [-0.2, 0) is 16.4 Å². The fraction of sp³-hybridized carbons (Fsp3) is 0.600. The van der Waals surface area contributed by atoms with Gasteiger partial charge in [0.25, 0.3) is 0 Å². The van der Waals surface area contributed by atoms with Crippen LogP contribution in [0.4, 0.5) is 5.69 Å². The summed E-state index contributed by atoms with van der Waals surface area (Å²) in [7, 11) is -3.35. The number of aryl methyl sites for hydroxylation is 1. The summed E-state index contributed by atoms with van der Waals surface area (Å²) in [5, 5.41) is 3.30. The van der Waals surface area contributed by atoms with E-state index in [0.717, 1.165) is 49.4 Å². The molecular weight excluding hydrogens is 272 g/mol. The fourth-order valence-corrected chi connectivity index (χ4v) is 3.83. The van der Waals surface area contributed by atoms with Crippen molar-refractivity contribution in [3.05, 3.63) is 23.8 Å². The number of nitrogens with one attached hydrogen (secondary N) is 2. The van der Waals surface area contributed by atoms with E-state index in [0.29, 0.717) is 11.4 Å². The zero-order chi connectivity index (χ0) is 14.0. The molecule has 4 nitrogen and oxygen atoms in total. The first-order valence-corrected chi connectivity index (χ1v) is 9.00. The van der Waals surface area contributed by atoms with Crippen LogP contribution >= 0.6 is 0 Å². The maximum absolute atomic E-state index is 12.2. The van der Waals surface area contributed by atoms with Crippen molar-refractivity contribution in [2.75, 3.05) is 18.4 Å². The highest BCUT2D eigenvalue weighted by Crippen LogP contribution is 2.33.